The average molecular weight is 201 g/mol. The van der Waals surface area contributed by atoms with Gasteiger partial charge in [0.2, 0.25) is 0 Å². The van der Waals surface area contributed by atoms with E-state index < -0.39 is 0 Å². The number of nitrogens with zero attached hydrogens (tertiary/aromatic N) is 1. The Bertz CT molecular complexity index is 496. The van der Waals surface area contributed by atoms with Crippen molar-refractivity contribution in [3.63, 3.8) is 0 Å². The molecule has 3 rings (SSSR count). The third-order valence-electron chi connectivity index (χ3n) is 3.53. The van der Waals surface area contributed by atoms with E-state index in [4.69, 9.17) is 0 Å². The quantitative estimate of drug-likeness (QED) is 0.652. The number of aromatic nitrogens is 1. The van der Waals surface area contributed by atoms with E-state index in [1.807, 2.05) is 0 Å². The third-order valence-corrected chi connectivity index (χ3v) is 3.53. The van der Waals surface area contributed by atoms with Crippen LogP contribution < -0.4 is 5.32 Å². The molecule has 0 bridgehead atoms. The molecule has 1 aromatic carbocycles. The molecule has 0 aliphatic carbocycles. The first-order chi connectivity index (χ1) is 7.38. The lowest BCUT2D eigenvalue weighted by atomic mass is 10.1. The Morgan fingerprint density at radius 3 is 2.87 bits per heavy atom. The fraction of sp³-hybridized carbons (Fsp3) is 0.385. The van der Waals surface area contributed by atoms with Crippen molar-refractivity contribution in [3.05, 3.63) is 35.5 Å². The van der Waals surface area contributed by atoms with Gasteiger partial charge in [-0.05, 0) is 11.6 Å². The molecule has 0 fully saturated rings. The van der Waals surface area contributed by atoms with Crippen LogP contribution in [0, 0.1) is 0 Å². The summed E-state index contributed by atoms with van der Waals surface area (Å²) in [4.78, 5) is 0. The Morgan fingerprint density at radius 1 is 1.13 bits per heavy atom. The SMILES string of the molecule is Cn1c2c(c3ccccc31)CC[NH2+]CC2. The summed E-state index contributed by atoms with van der Waals surface area (Å²) >= 11 is 0. The Hall–Kier alpha value is -1.28. The van der Waals surface area contributed by atoms with Gasteiger partial charge in [0, 0.05) is 36.5 Å². The normalized spacial score (nSPS) is 16.3. The average Bonchev–Trinajstić information content (AvgIpc) is 2.48. The van der Waals surface area contributed by atoms with Crippen LogP contribution in [-0.2, 0) is 19.9 Å². The van der Waals surface area contributed by atoms with Crippen molar-refractivity contribution in [2.24, 2.45) is 7.05 Å². The topological polar surface area (TPSA) is 21.5 Å². The lowest BCUT2D eigenvalue weighted by molar-refractivity contribution is -0.652. The molecule has 2 aromatic rings. The minimum absolute atomic E-state index is 1.21. The number of quaternary nitrogens is 1. The second-order valence-corrected chi connectivity index (χ2v) is 4.37. The van der Waals surface area contributed by atoms with Gasteiger partial charge in [-0.1, -0.05) is 18.2 Å². The number of nitrogens with two attached hydrogens (primary N) is 1. The van der Waals surface area contributed by atoms with Crippen LogP contribution in [0.3, 0.4) is 0 Å². The van der Waals surface area contributed by atoms with E-state index in [1.54, 1.807) is 11.3 Å². The fourth-order valence-electron chi connectivity index (χ4n) is 2.75. The first kappa shape index (κ1) is 8.98. The van der Waals surface area contributed by atoms with Gasteiger partial charge in [-0.3, -0.25) is 0 Å². The smallest absolute Gasteiger partial charge is 0.0811 e. The highest BCUT2D eigenvalue weighted by molar-refractivity contribution is 5.85. The predicted molar refractivity (Wildman–Crippen MR) is 62.0 cm³/mol. The van der Waals surface area contributed by atoms with Gasteiger partial charge < -0.3 is 9.88 Å². The molecule has 0 amide bonds. The van der Waals surface area contributed by atoms with Crippen molar-refractivity contribution in [3.8, 4) is 0 Å². The summed E-state index contributed by atoms with van der Waals surface area (Å²) in [7, 11) is 2.20. The predicted octanol–water partition coefficient (Wildman–Crippen LogP) is 0.840. The lowest BCUT2D eigenvalue weighted by Crippen LogP contribution is -2.84. The minimum atomic E-state index is 1.21. The second-order valence-electron chi connectivity index (χ2n) is 4.37. The summed E-state index contributed by atoms with van der Waals surface area (Å²) in [5.41, 5.74) is 4.52. The van der Waals surface area contributed by atoms with Crippen LogP contribution in [0.2, 0.25) is 0 Å². The van der Waals surface area contributed by atoms with Crippen molar-refractivity contribution in [2.75, 3.05) is 13.1 Å². The molecule has 1 aliphatic heterocycles. The Labute approximate surface area is 89.9 Å². The molecule has 0 spiro atoms. The molecule has 0 radical (unpaired) electrons. The van der Waals surface area contributed by atoms with Crippen LogP contribution in [0.1, 0.15) is 11.3 Å². The van der Waals surface area contributed by atoms with Gasteiger partial charge in [0.15, 0.2) is 0 Å². The van der Waals surface area contributed by atoms with Crippen molar-refractivity contribution >= 4 is 10.9 Å². The van der Waals surface area contributed by atoms with E-state index in [0.29, 0.717) is 0 Å². The Kier molecular flexibility index (Phi) is 2.03. The molecule has 1 aliphatic rings. The lowest BCUT2D eigenvalue weighted by Gasteiger charge is -2.01. The van der Waals surface area contributed by atoms with Gasteiger partial charge in [0.05, 0.1) is 13.1 Å². The molecule has 1 aromatic heterocycles. The highest BCUT2D eigenvalue weighted by atomic mass is 15.0. The maximum Gasteiger partial charge on any atom is 0.0811 e. The number of aryl methyl sites for hydroxylation is 1. The number of hydrogen-bond acceptors (Lipinski definition) is 0. The summed E-state index contributed by atoms with van der Waals surface area (Å²) in [6.07, 6.45) is 2.43. The maximum atomic E-state index is 2.43. The van der Waals surface area contributed by atoms with Crippen LogP contribution in [0.5, 0.6) is 0 Å². The molecule has 2 heterocycles. The van der Waals surface area contributed by atoms with Gasteiger partial charge in [0.25, 0.3) is 0 Å². The molecule has 0 unspecified atom stereocenters. The summed E-state index contributed by atoms with van der Waals surface area (Å²) < 4.78 is 2.38. The van der Waals surface area contributed by atoms with Crippen LogP contribution >= 0.6 is 0 Å². The van der Waals surface area contributed by atoms with Crippen LogP contribution in [0.4, 0.5) is 0 Å². The standard InChI is InChI=1S/C13H16N2/c1-15-12-5-3-2-4-10(12)11-6-8-14-9-7-13(11)15/h2-5,14H,6-9H2,1H3/p+1. The monoisotopic (exact) mass is 201 g/mol. The van der Waals surface area contributed by atoms with Crippen LogP contribution in [0.15, 0.2) is 24.3 Å². The van der Waals surface area contributed by atoms with Crippen LogP contribution in [0.25, 0.3) is 10.9 Å². The van der Waals surface area contributed by atoms with Crippen molar-refractivity contribution in [1.29, 1.82) is 0 Å². The highest BCUT2D eigenvalue weighted by Crippen LogP contribution is 2.26. The first-order valence-electron chi connectivity index (χ1n) is 5.75. The number of rotatable bonds is 0. The maximum absolute atomic E-state index is 2.43. The van der Waals surface area contributed by atoms with E-state index in [-0.39, 0.29) is 0 Å². The van der Waals surface area contributed by atoms with Crippen molar-refractivity contribution in [1.82, 2.24) is 4.57 Å². The molecule has 0 atom stereocenters. The van der Waals surface area contributed by atoms with Gasteiger partial charge in [0.1, 0.15) is 0 Å². The van der Waals surface area contributed by atoms with E-state index in [2.05, 4.69) is 41.2 Å². The number of hydrogen-bond donors (Lipinski definition) is 1. The summed E-state index contributed by atoms with van der Waals surface area (Å²) in [5.74, 6) is 0. The number of fused-ring (bicyclic) bond motifs is 3. The molecule has 0 saturated carbocycles. The largest absolute Gasteiger partial charge is 0.347 e. The molecule has 15 heavy (non-hydrogen) atoms. The molecule has 0 saturated heterocycles. The van der Waals surface area contributed by atoms with Crippen molar-refractivity contribution < 1.29 is 5.32 Å². The molecular formula is C13H17N2+. The van der Waals surface area contributed by atoms with E-state index >= 15 is 0 Å². The molecule has 78 valence electrons. The number of benzene rings is 1. The minimum Gasteiger partial charge on any atom is -0.347 e. The first-order valence-corrected chi connectivity index (χ1v) is 5.75. The molecule has 2 heteroatoms. The van der Waals surface area contributed by atoms with Crippen LogP contribution in [-0.4, -0.2) is 17.7 Å². The zero-order valence-corrected chi connectivity index (χ0v) is 9.16. The molecule has 2 nitrogen and oxygen atoms in total. The summed E-state index contributed by atoms with van der Waals surface area (Å²) in [5, 5.41) is 3.89. The van der Waals surface area contributed by atoms with E-state index in [1.165, 1.54) is 36.8 Å². The summed E-state index contributed by atoms with van der Waals surface area (Å²) in [6.45, 7) is 2.47. The number of para-hydroxylation sites is 1. The highest BCUT2D eigenvalue weighted by Gasteiger charge is 2.17. The van der Waals surface area contributed by atoms with E-state index in [9.17, 15) is 0 Å². The summed E-state index contributed by atoms with van der Waals surface area (Å²) in [6, 6.07) is 8.78. The second kappa shape index (κ2) is 3.38. The van der Waals surface area contributed by atoms with Gasteiger partial charge in [-0.2, -0.15) is 0 Å². The van der Waals surface area contributed by atoms with Gasteiger partial charge in [-0.25, -0.2) is 0 Å². The van der Waals surface area contributed by atoms with Crippen molar-refractivity contribution in [2.45, 2.75) is 12.8 Å². The Morgan fingerprint density at radius 2 is 1.93 bits per heavy atom. The third kappa shape index (κ3) is 1.29. The zero-order valence-electron chi connectivity index (χ0n) is 9.16. The Balaban J connectivity index is 2.32. The molecule has 2 N–H and O–H groups in total. The molecular weight excluding hydrogens is 184 g/mol. The van der Waals surface area contributed by atoms with Gasteiger partial charge in [-0.15, -0.1) is 0 Å². The zero-order chi connectivity index (χ0) is 10.3. The van der Waals surface area contributed by atoms with E-state index in [0.717, 1.165) is 0 Å². The van der Waals surface area contributed by atoms with Gasteiger partial charge >= 0.3 is 0 Å². The fourth-order valence-corrected chi connectivity index (χ4v) is 2.75.